The Morgan fingerprint density at radius 1 is 1.32 bits per heavy atom. The van der Waals surface area contributed by atoms with Gasteiger partial charge in [-0.3, -0.25) is 0 Å². The molecule has 0 saturated carbocycles. The Balaban J connectivity index is 2.08. The van der Waals surface area contributed by atoms with Crippen LogP contribution in [0, 0.1) is 0 Å². The van der Waals surface area contributed by atoms with Crippen LogP contribution in [-0.2, 0) is 13.0 Å². The highest BCUT2D eigenvalue weighted by Crippen LogP contribution is 2.20. The van der Waals surface area contributed by atoms with Crippen LogP contribution in [0.2, 0.25) is 0 Å². The van der Waals surface area contributed by atoms with Crippen molar-refractivity contribution in [1.82, 2.24) is 14.9 Å². The van der Waals surface area contributed by atoms with E-state index in [1.165, 1.54) is 5.56 Å². The molecule has 102 valence electrons. The largest absolute Gasteiger partial charge is 0.496 e. The number of para-hydroxylation sites is 1. The molecule has 2 aromatic rings. The minimum atomic E-state index is 0.802. The van der Waals surface area contributed by atoms with Gasteiger partial charge in [0.05, 0.1) is 7.11 Å². The second-order valence-corrected chi connectivity index (χ2v) is 4.48. The number of nitrogens with one attached hydrogen (secondary N) is 1. The van der Waals surface area contributed by atoms with Crippen molar-refractivity contribution in [3.05, 3.63) is 48.0 Å². The summed E-state index contributed by atoms with van der Waals surface area (Å²) in [5, 5.41) is 3.16. The normalized spacial score (nSPS) is 10.6. The van der Waals surface area contributed by atoms with Crippen LogP contribution in [-0.4, -0.2) is 30.3 Å². The first-order chi connectivity index (χ1) is 9.35. The van der Waals surface area contributed by atoms with Gasteiger partial charge in [0.1, 0.15) is 11.6 Å². The Bertz CT molecular complexity index is 508. The molecule has 0 amide bonds. The zero-order chi connectivity index (χ0) is 13.5. The number of nitrogens with zero attached hydrogens (tertiary/aromatic N) is 2. The summed E-state index contributed by atoms with van der Waals surface area (Å²) < 4.78 is 7.60. The van der Waals surface area contributed by atoms with E-state index in [0.29, 0.717) is 0 Å². The van der Waals surface area contributed by atoms with E-state index in [4.69, 9.17) is 4.74 Å². The van der Waals surface area contributed by atoms with Crippen molar-refractivity contribution in [1.29, 1.82) is 0 Å². The molecule has 0 fully saturated rings. The molecule has 1 aromatic carbocycles. The summed E-state index contributed by atoms with van der Waals surface area (Å²) in [5.41, 5.74) is 1.17. The fourth-order valence-electron chi connectivity index (χ4n) is 2.16. The van der Waals surface area contributed by atoms with Crippen LogP contribution in [0.3, 0.4) is 0 Å². The predicted octanol–water partition coefficient (Wildman–Crippen LogP) is 2.09. The van der Waals surface area contributed by atoms with Crippen molar-refractivity contribution >= 4 is 0 Å². The molecule has 0 aliphatic rings. The van der Waals surface area contributed by atoms with Crippen molar-refractivity contribution in [3.8, 4) is 5.75 Å². The minimum absolute atomic E-state index is 0.802. The van der Waals surface area contributed by atoms with Crippen molar-refractivity contribution in [2.24, 2.45) is 0 Å². The molecule has 0 spiro atoms. The molecule has 4 nitrogen and oxygen atoms in total. The fourth-order valence-corrected chi connectivity index (χ4v) is 2.16. The van der Waals surface area contributed by atoms with Crippen molar-refractivity contribution in [2.45, 2.75) is 19.4 Å². The first-order valence-electron chi connectivity index (χ1n) is 6.61. The van der Waals surface area contributed by atoms with Crippen LogP contribution in [0.4, 0.5) is 0 Å². The van der Waals surface area contributed by atoms with Crippen LogP contribution in [0.15, 0.2) is 36.7 Å². The minimum Gasteiger partial charge on any atom is -0.496 e. The molecule has 0 aliphatic heterocycles. The number of hydrogen-bond donors (Lipinski definition) is 1. The molecule has 0 unspecified atom stereocenters. The van der Waals surface area contributed by atoms with Gasteiger partial charge in [-0.05, 0) is 26.1 Å². The number of aryl methyl sites for hydroxylation is 1. The summed E-state index contributed by atoms with van der Waals surface area (Å²) in [6.07, 6.45) is 5.81. The highest BCUT2D eigenvalue weighted by molar-refractivity contribution is 5.35. The highest BCUT2D eigenvalue weighted by atomic mass is 16.5. The van der Waals surface area contributed by atoms with Gasteiger partial charge in [0.2, 0.25) is 0 Å². The quantitative estimate of drug-likeness (QED) is 0.774. The summed E-state index contributed by atoms with van der Waals surface area (Å²) in [4.78, 5) is 4.45. The molecule has 1 heterocycles. The summed E-state index contributed by atoms with van der Waals surface area (Å²) in [6, 6.07) is 8.10. The van der Waals surface area contributed by atoms with E-state index < -0.39 is 0 Å². The molecule has 0 aliphatic carbocycles. The SMILES string of the molecule is CNCCCn1ccnc1Cc1ccccc1OC. The van der Waals surface area contributed by atoms with Gasteiger partial charge in [-0.2, -0.15) is 0 Å². The van der Waals surface area contributed by atoms with Crippen LogP contribution >= 0.6 is 0 Å². The molecule has 0 bridgehead atoms. The van der Waals surface area contributed by atoms with Crippen LogP contribution in [0.25, 0.3) is 0 Å². The average Bonchev–Trinajstić information content (AvgIpc) is 2.87. The maximum absolute atomic E-state index is 5.39. The van der Waals surface area contributed by atoms with E-state index in [9.17, 15) is 0 Å². The number of imidazole rings is 1. The number of benzene rings is 1. The highest BCUT2D eigenvalue weighted by Gasteiger charge is 2.07. The van der Waals surface area contributed by atoms with E-state index in [1.54, 1.807) is 7.11 Å². The zero-order valence-corrected chi connectivity index (χ0v) is 11.6. The van der Waals surface area contributed by atoms with E-state index in [0.717, 1.165) is 37.5 Å². The summed E-state index contributed by atoms with van der Waals surface area (Å²) in [5.74, 6) is 2.01. The first kappa shape index (κ1) is 13.6. The molecule has 0 saturated heterocycles. The lowest BCUT2D eigenvalue weighted by atomic mass is 10.1. The summed E-state index contributed by atoms with van der Waals surface area (Å²) in [7, 11) is 3.68. The average molecular weight is 259 g/mol. The monoisotopic (exact) mass is 259 g/mol. The predicted molar refractivity (Wildman–Crippen MR) is 76.6 cm³/mol. The van der Waals surface area contributed by atoms with Gasteiger partial charge < -0.3 is 14.6 Å². The zero-order valence-electron chi connectivity index (χ0n) is 11.6. The molecule has 2 rings (SSSR count). The second-order valence-electron chi connectivity index (χ2n) is 4.48. The number of rotatable bonds is 7. The van der Waals surface area contributed by atoms with Gasteiger partial charge in [-0.25, -0.2) is 4.98 Å². The molecule has 19 heavy (non-hydrogen) atoms. The van der Waals surface area contributed by atoms with Gasteiger partial charge in [0.15, 0.2) is 0 Å². The Morgan fingerprint density at radius 2 is 2.16 bits per heavy atom. The van der Waals surface area contributed by atoms with Gasteiger partial charge in [0, 0.05) is 30.9 Å². The van der Waals surface area contributed by atoms with E-state index in [-0.39, 0.29) is 0 Å². The molecular weight excluding hydrogens is 238 g/mol. The number of aromatic nitrogens is 2. The number of methoxy groups -OCH3 is 1. The summed E-state index contributed by atoms with van der Waals surface area (Å²) >= 11 is 0. The van der Waals surface area contributed by atoms with Gasteiger partial charge in [-0.1, -0.05) is 18.2 Å². The standard InChI is InChI=1S/C15H21N3O/c1-16-8-5-10-18-11-9-17-15(18)12-13-6-3-4-7-14(13)19-2/h3-4,6-7,9,11,16H,5,8,10,12H2,1-2H3. The lowest BCUT2D eigenvalue weighted by Crippen LogP contribution is -2.12. The van der Waals surface area contributed by atoms with Gasteiger partial charge in [-0.15, -0.1) is 0 Å². The molecular formula is C15H21N3O. The third kappa shape index (κ3) is 3.58. The molecule has 4 heteroatoms. The maximum atomic E-state index is 5.39. The number of ether oxygens (including phenoxy) is 1. The van der Waals surface area contributed by atoms with Crippen molar-refractivity contribution in [3.63, 3.8) is 0 Å². The number of hydrogen-bond acceptors (Lipinski definition) is 3. The van der Waals surface area contributed by atoms with Crippen molar-refractivity contribution < 1.29 is 4.74 Å². The Kier molecular flexibility index (Phi) is 4.98. The van der Waals surface area contributed by atoms with Crippen LogP contribution < -0.4 is 10.1 Å². The molecule has 1 N–H and O–H groups in total. The second kappa shape index (κ2) is 6.95. The van der Waals surface area contributed by atoms with Gasteiger partial charge in [0.25, 0.3) is 0 Å². The van der Waals surface area contributed by atoms with E-state index in [2.05, 4.69) is 20.9 Å². The summed E-state index contributed by atoms with van der Waals surface area (Å²) in [6.45, 7) is 2.01. The molecule has 0 radical (unpaired) electrons. The fraction of sp³-hybridized carbons (Fsp3) is 0.400. The van der Waals surface area contributed by atoms with E-state index >= 15 is 0 Å². The Hall–Kier alpha value is -1.81. The van der Waals surface area contributed by atoms with E-state index in [1.807, 2.05) is 37.6 Å². The third-order valence-electron chi connectivity index (χ3n) is 3.17. The smallest absolute Gasteiger partial charge is 0.122 e. The van der Waals surface area contributed by atoms with Crippen molar-refractivity contribution in [2.75, 3.05) is 20.7 Å². The molecule has 0 atom stereocenters. The molecule has 1 aromatic heterocycles. The lowest BCUT2D eigenvalue weighted by molar-refractivity contribution is 0.410. The topological polar surface area (TPSA) is 39.1 Å². The van der Waals surface area contributed by atoms with Gasteiger partial charge >= 0.3 is 0 Å². The first-order valence-corrected chi connectivity index (χ1v) is 6.61. The third-order valence-corrected chi connectivity index (χ3v) is 3.17. The Morgan fingerprint density at radius 3 is 2.95 bits per heavy atom. The maximum Gasteiger partial charge on any atom is 0.122 e. The lowest BCUT2D eigenvalue weighted by Gasteiger charge is -2.10. The van der Waals surface area contributed by atoms with Crippen LogP contribution in [0.1, 0.15) is 17.8 Å². The van der Waals surface area contributed by atoms with Crippen LogP contribution in [0.5, 0.6) is 5.75 Å². The Labute approximate surface area is 114 Å².